The highest BCUT2D eigenvalue weighted by Gasteiger charge is 2.36. The van der Waals surface area contributed by atoms with Gasteiger partial charge in [-0.15, -0.1) is 15.0 Å². The van der Waals surface area contributed by atoms with Gasteiger partial charge in [-0.1, -0.05) is 19.1 Å². The Hall–Kier alpha value is -2.36. The second-order valence-electron chi connectivity index (χ2n) is 5.09. The lowest BCUT2D eigenvalue weighted by molar-refractivity contribution is 0.465. The second-order valence-corrected chi connectivity index (χ2v) is 5.09. The molecule has 4 nitrogen and oxygen atoms in total. The molecule has 1 unspecified atom stereocenters. The summed E-state index contributed by atoms with van der Waals surface area (Å²) in [4.78, 5) is 1.53. The van der Waals surface area contributed by atoms with Gasteiger partial charge in [0.1, 0.15) is 22.5 Å². The Bertz CT molecular complexity index is 787. The van der Waals surface area contributed by atoms with E-state index in [1.807, 2.05) is 30.3 Å². The summed E-state index contributed by atoms with van der Waals surface area (Å²) in [5, 5.41) is 19.2. The van der Waals surface area contributed by atoms with Gasteiger partial charge in [-0.05, 0) is 36.2 Å². The summed E-state index contributed by atoms with van der Waals surface area (Å²) in [5.41, 5.74) is 5.82. The molecule has 1 N–H and O–H groups in total. The van der Waals surface area contributed by atoms with Crippen molar-refractivity contribution in [1.29, 1.82) is 0 Å². The molecule has 1 atom stereocenters. The van der Waals surface area contributed by atoms with Gasteiger partial charge < -0.3 is 5.11 Å². The standard InChI is InChI=1S/C15H13N3O/c1-8-7-12(15(19)14-9(2)13(8)14)18-16-10-5-3-4-6-11(10)17-18/h3-7,9,19H,1-2H3. The lowest BCUT2D eigenvalue weighted by atomic mass is 10.2. The maximum absolute atomic E-state index is 10.3. The largest absolute Gasteiger partial charge is 0.505 e. The Balaban J connectivity index is 1.96. The second kappa shape index (κ2) is 3.35. The first-order valence-electron chi connectivity index (χ1n) is 6.35. The first-order valence-corrected chi connectivity index (χ1v) is 6.35. The molecule has 0 fully saturated rings. The number of fused-ring (bicyclic) bond motifs is 2. The van der Waals surface area contributed by atoms with E-state index in [1.54, 1.807) is 0 Å². The molecule has 4 heteroatoms. The highest BCUT2D eigenvalue weighted by molar-refractivity contribution is 5.75. The third-order valence-corrected chi connectivity index (χ3v) is 3.85. The van der Waals surface area contributed by atoms with Gasteiger partial charge in [0.05, 0.1) is 0 Å². The molecule has 19 heavy (non-hydrogen) atoms. The predicted molar refractivity (Wildman–Crippen MR) is 72.8 cm³/mol. The lowest BCUT2D eigenvalue weighted by Gasteiger charge is -2.03. The van der Waals surface area contributed by atoms with Crippen molar-refractivity contribution in [2.45, 2.75) is 19.8 Å². The fourth-order valence-electron chi connectivity index (χ4n) is 2.83. The molecule has 0 radical (unpaired) electrons. The Morgan fingerprint density at radius 1 is 1.11 bits per heavy atom. The molecule has 1 aromatic heterocycles. The summed E-state index contributed by atoms with van der Waals surface area (Å²) in [7, 11) is 0. The van der Waals surface area contributed by atoms with Gasteiger partial charge >= 0.3 is 0 Å². The minimum absolute atomic E-state index is 0.313. The first kappa shape index (κ1) is 10.6. The zero-order valence-corrected chi connectivity index (χ0v) is 10.8. The Labute approximate surface area is 110 Å². The average Bonchev–Trinajstić information content (AvgIpc) is 2.91. The third-order valence-electron chi connectivity index (χ3n) is 3.85. The number of aromatic hydroxyl groups is 1. The van der Waals surface area contributed by atoms with Crippen molar-refractivity contribution in [3.05, 3.63) is 47.0 Å². The molecular formula is C15H13N3O. The van der Waals surface area contributed by atoms with E-state index < -0.39 is 0 Å². The van der Waals surface area contributed by atoms with E-state index in [2.05, 4.69) is 24.0 Å². The predicted octanol–water partition coefficient (Wildman–Crippen LogP) is 2.90. The molecule has 0 amide bonds. The summed E-state index contributed by atoms with van der Waals surface area (Å²) in [6.45, 7) is 4.17. The first-order chi connectivity index (χ1) is 9.16. The number of aryl methyl sites for hydroxylation is 1. The van der Waals surface area contributed by atoms with Crippen molar-refractivity contribution in [3.63, 3.8) is 0 Å². The van der Waals surface area contributed by atoms with Crippen LogP contribution in [0.5, 0.6) is 5.75 Å². The van der Waals surface area contributed by atoms with Crippen LogP contribution in [0.25, 0.3) is 16.7 Å². The Morgan fingerprint density at radius 3 is 2.37 bits per heavy atom. The van der Waals surface area contributed by atoms with Crippen molar-refractivity contribution < 1.29 is 5.11 Å². The number of phenolic OH excluding ortho intramolecular Hbond substituents is 1. The van der Waals surface area contributed by atoms with E-state index in [0.717, 1.165) is 16.6 Å². The van der Waals surface area contributed by atoms with Crippen LogP contribution in [0.2, 0.25) is 0 Å². The molecule has 94 valence electrons. The van der Waals surface area contributed by atoms with Gasteiger partial charge in [0, 0.05) is 11.5 Å². The van der Waals surface area contributed by atoms with Crippen molar-refractivity contribution in [3.8, 4) is 11.4 Å². The molecular weight excluding hydrogens is 238 g/mol. The van der Waals surface area contributed by atoms with Crippen molar-refractivity contribution >= 4 is 11.0 Å². The number of aromatic nitrogens is 3. The van der Waals surface area contributed by atoms with Crippen LogP contribution < -0.4 is 0 Å². The summed E-state index contributed by atoms with van der Waals surface area (Å²) in [6.07, 6.45) is 0. The monoisotopic (exact) mass is 251 g/mol. The Kier molecular flexibility index (Phi) is 1.86. The summed E-state index contributed by atoms with van der Waals surface area (Å²) in [6, 6.07) is 9.65. The number of hydrogen-bond donors (Lipinski definition) is 1. The van der Waals surface area contributed by atoms with Gasteiger partial charge in [-0.25, -0.2) is 0 Å². The molecule has 0 saturated carbocycles. The lowest BCUT2D eigenvalue weighted by Crippen LogP contribution is -1.99. The normalized spacial score (nSPS) is 16.6. The van der Waals surface area contributed by atoms with Crippen LogP contribution in [0.4, 0.5) is 0 Å². The molecule has 1 heterocycles. The average molecular weight is 251 g/mol. The highest BCUT2D eigenvalue weighted by Crippen LogP contribution is 2.52. The molecule has 0 spiro atoms. The van der Waals surface area contributed by atoms with Gasteiger partial charge in [0.2, 0.25) is 0 Å². The molecule has 4 rings (SSSR count). The minimum Gasteiger partial charge on any atom is -0.505 e. The molecule has 3 aromatic rings. The zero-order chi connectivity index (χ0) is 13.1. The molecule has 1 aliphatic rings. The van der Waals surface area contributed by atoms with Gasteiger partial charge in [-0.3, -0.25) is 0 Å². The van der Waals surface area contributed by atoms with Crippen LogP contribution in [-0.2, 0) is 0 Å². The minimum atomic E-state index is 0.313. The Morgan fingerprint density at radius 2 is 1.74 bits per heavy atom. The molecule has 0 aliphatic heterocycles. The molecule has 0 bridgehead atoms. The fraction of sp³-hybridized carbons (Fsp3) is 0.200. The van der Waals surface area contributed by atoms with Crippen LogP contribution in [0.15, 0.2) is 30.3 Å². The fourth-order valence-corrected chi connectivity index (χ4v) is 2.83. The highest BCUT2D eigenvalue weighted by atomic mass is 16.3. The maximum Gasteiger partial charge on any atom is 0.147 e. The third kappa shape index (κ3) is 1.34. The van der Waals surface area contributed by atoms with Gasteiger partial charge in [-0.2, -0.15) is 0 Å². The smallest absolute Gasteiger partial charge is 0.147 e. The number of hydrogen-bond acceptors (Lipinski definition) is 3. The van der Waals surface area contributed by atoms with Crippen LogP contribution in [0.1, 0.15) is 29.5 Å². The quantitative estimate of drug-likeness (QED) is 0.723. The van der Waals surface area contributed by atoms with Crippen LogP contribution >= 0.6 is 0 Å². The molecule has 0 saturated heterocycles. The zero-order valence-electron chi connectivity index (χ0n) is 10.8. The van der Waals surface area contributed by atoms with E-state index in [0.29, 0.717) is 17.4 Å². The van der Waals surface area contributed by atoms with E-state index >= 15 is 0 Å². The number of nitrogens with zero attached hydrogens (tertiary/aromatic N) is 3. The number of benzene rings is 2. The maximum atomic E-state index is 10.3. The van der Waals surface area contributed by atoms with Crippen molar-refractivity contribution in [2.75, 3.05) is 0 Å². The van der Waals surface area contributed by atoms with Gasteiger partial charge in [0.15, 0.2) is 0 Å². The van der Waals surface area contributed by atoms with Crippen LogP contribution in [-0.4, -0.2) is 20.1 Å². The van der Waals surface area contributed by atoms with E-state index in [4.69, 9.17) is 0 Å². The number of phenols is 1. The van der Waals surface area contributed by atoms with Crippen LogP contribution in [0, 0.1) is 6.92 Å². The molecule has 1 aliphatic carbocycles. The number of rotatable bonds is 1. The van der Waals surface area contributed by atoms with Gasteiger partial charge in [0.25, 0.3) is 0 Å². The van der Waals surface area contributed by atoms with Crippen molar-refractivity contribution in [2.24, 2.45) is 0 Å². The van der Waals surface area contributed by atoms with Crippen LogP contribution in [0.3, 0.4) is 0 Å². The van der Waals surface area contributed by atoms with E-state index in [9.17, 15) is 5.11 Å². The summed E-state index contributed by atoms with van der Waals surface area (Å²) >= 11 is 0. The molecule has 2 aromatic carbocycles. The summed E-state index contributed by atoms with van der Waals surface area (Å²) < 4.78 is 0. The SMILES string of the molecule is Cc1cc(-n2nc3ccccc3n2)c(O)c2c1C2C. The summed E-state index contributed by atoms with van der Waals surface area (Å²) in [5.74, 6) is 0.673. The topological polar surface area (TPSA) is 50.9 Å². The van der Waals surface area contributed by atoms with E-state index in [1.165, 1.54) is 15.9 Å². The van der Waals surface area contributed by atoms with E-state index in [-0.39, 0.29) is 0 Å². The van der Waals surface area contributed by atoms with Crippen molar-refractivity contribution in [1.82, 2.24) is 15.0 Å².